The fraction of sp³-hybridized carbons (Fsp3) is 0.111. The molecule has 4 aromatic rings. The third-order valence-corrected chi connectivity index (χ3v) is 4.68. The third-order valence-electron chi connectivity index (χ3n) is 3.73. The number of carbonyl (C=O) groups excluding carboxylic acids is 1. The van der Waals surface area contributed by atoms with Crippen LogP contribution >= 0.6 is 11.3 Å². The highest BCUT2D eigenvalue weighted by molar-refractivity contribution is 7.12. The van der Waals surface area contributed by atoms with Crippen LogP contribution in [-0.2, 0) is 0 Å². The molecule has 0 radical (unpaired) electrons. The minimum atomic E-state index is -0.0428. The molecule has 2 N–H and O–H groups in total. The number of rotatable bonds is 4. The van der Waals surface area contributed by atoms with E-state index in [1.54, 1.807) is 12.3 Å². The van der Waals surface area contributed by atoms with Crippen molar-refractivity contribution < 1.29 is 4.79 Å². The summed E-state index contributed by atoms with van der Waals surface area (Å²) in [6.07, 6.45) is 1.68. The maximum absolute atomic E-state index is 11.4. The van der Waals surface area contributed by atoms with Crippen LogP contribution in [0.3, 0.4) is 0 Å². The Kier molecular flexibility index (Phi) is 3.77. The van der Waals surface area contributed by atoms with Crippen LogP contribution < -0.4 is 5.32 Å². The summed E-state index contributed by atoms with van der Waals surface area (Å²) in [6, 6.07) is 9.92. The van der Waals surface area contributed by atoms with Crippen LogP contribution in [0.1, 0.15) is 22.4 Å². The zero-order valence-electron chi connectivity index (χ0n) is 13.7. The highest BCUT2D eigenvalue weighted by atomic mass is 32.1. The number of aromatic amines is 1. The summed E-state index contributed by atoms with van der Waals surface area (Å²) in [5.41, 5.74) is 4.48. The number of nitrogens with one attached hydrogen (secondary N) is 2. The molecular formula is C18H15N5OS. The molecule has 25 heavy (non-hydrogen) atoms. The number of aryl methyl sites for hydroxylation is 1. The van der Waals surface area contributed by atoms with Crippen molar-refractivity contribution in [3.05, 3.63) is 52.6 Å². The lowest BCUT2D eigenvalue weighted by Gasteiger charge is -2.06. The highest BCUT2D eigenvalue weighted by Crippen LogP contribution is 2.24. The number of ketones is 1. The summed E-state index contributed by atoms with van der Waals surface area (Å²) in [5.74, 6) is 0.445. The van der Waals surface area contributed by atoms with Crippen molar-refractivity contribution in [2.75, 3.05) is 5.32 Å². The van der Waals surface area contributed by atoms with Crippen LogP contribution in [0.5, 0.6) is 0 Å². The fourth-order valence-corrected chi connectivity index (χ4v) is 3.31. The van der Waals surface area contributed by atoms with Crippen LogP contribution in [0, 0.1) is 6.92 Å². The van der Waals surface area contributed by atoms with Gasteiger partial charge in [-0.05, 0) is 37.3 Å². The van der Waals surface area contributed by atoms with Crippen molar-refractivity contribution in [2.24, 2.45) is 0 Å². The molecule has 0 aliphatic carbocycles. The monoisotopic (exact) mass is 349 g/mol. The van der Waals surface area contributed by atoms with Crippen molar-refractivity contribution in [3.8, 4) is 11.4 Å². The summed E-state index contributed by atoms with van der Waals surface area (Å²) < 4.78 is 0. The lowest BCUT2D eigenvalue weighted by Crippen LogP contribution is -1.98. The number of benzene rings is 1. The van der Waals surface area contributed by atoms with Crippen molar-refractivity contribution in [2.45, 2.75) is 13.8 Å². The van der Waals surface area contributed by atoms with Gasteiger partial charge in [0.15, 0.2) is 10.8 Å². The Hall–Kier alpha value is -3.06. The molecule has 4 rings (SSSR count). The van der Waals surface area contributed by atoms with Gasteiger partial charge < -0.3 is 10.3 Å². The van der Waals surface area contributed by atoms with E-state index in [-0.39, 0.29) is 5.78 Å². The maximum Gasteiger partial charge on any atom is 0.227 e. The van der Waals surface area contributed by atoms with E-state index in [2.05, 4.69) is 31.3 Å². The van der Waals surface area contributed by atoms with E-state index in [1.807, 2.05) is 30.5 Å². The quantitative estimate of drug-likeness (QED) is 0.536. The molecule has 3 aromatic heterocycles. The molecule has 0 atom stereocenters. The number of hydrogen-bond donors (Lipinski definition) is 2. The van der Waals surface area contributed by atoms with Crippen molar-refractivity contribution in [1.82, 2.24) is 19.9 Å². The van der Waals surface area contributed by atoms with Crippen molar-refractivity contribution >= 4 is 39.7 Å². The molecule has 0 amide bonds. The number of hydrogen-bond acceptors (Lipinski definition) is 6. The van der Waals surface area contributed by atoms with E-state index in [1.165, 1.54) is 18.3 Å². The molecule has 0 saturated carbocycles. The number of thiazole rings is 1. The second-order valence-corrected chi connectivity index (χ2v) is 6.60. The molecule has 0 fully saturated rings. The number of H-pyrrole nitrogens is 1. The van der Waals surface area contributed by atoms with Gasteiger partial charge in [-0.3, -0.25) is 4.79 Å². The smallest absolute Gasteiger partial charge is 0.227 e. The van der Waals surface area contributed by atoms with Gasteiger partial charge in [-0.2, -0.15) is 0 Å². The lowest BCUT2D eigenvalue weighted by atomic mass is 10.2. The summed E-state index contributed by atoms with van der Waals surface area (Å²) in [7, 11) is 0. The van der Waals surface area contributed by atoms with Crippen molar-refractivity contribution in [1.29, 1.82) is 0 Å². The number of carbonyl (C=O) groups is 1. The Balaban J connectivity index is 1.62. The summed E-state index contributed by atoms with van der Waals surface area (Å²) >= 11 is 1.32. The number of fused-ring (bicyclic) bond motifs is 1. The first-order chi connectivity index (χ1) is 12.1. The van der Waals surface area contributed by atoms with E-state index in [9.17, 15) is 4.79 Å². The first kappa shape index (κ1) is 15.5. The third kappa shape index (κ3) is 3.14. The SMILES string of the molecule is CC(=O)c1nc(-c2ccnc(Nc3ccc4[nH]c(C)cc4c3)n2)cs1. The minimum Gasteiger partial charge on any atom is -0.359 e. The number of Topliss-reactive ketones (excluding diaryl/α,β-unsaturated/α-hetero) is 1. The van der Waals surface area contributed by atoms with Gasteiger partial charge in [0, 0.05) is 40.8 Å². The fourth-order valence-electron chi connectivity index (χ4n) is 2.60. The number of anilines is 2. The molecule has 124 valence electrons. The van der Waals surface area contributed by atoms with Gasteiger partial charge in [-0.15, -0.1) is 11.3 Å². The normalized spacial score (nSPS) is 11.0. The van der Waals surface area contributed by atoms with Gasteiger partial charge in [0.25, 0.3) is 0 Å². The van der Waals surface area contributed by atoms with Crippen LogP contribution in [0.25, 0.3) is 22.3 Å². The molecule has 0 unspecified atom stereocenters. The van der Waals surface area contributed by atoms with Crippen LogP contribution in [-0.4, -0.2) is 25.7 Å². The van der Waals surface area contributed by atoms with Crippen LogP contribution in [0.2, 0.25) is 0 Å². The van der Waals surface area contributed by atoms with Gasteiger partial charge in [-0.25, -0.2) is 15.0 Å². The van der Waals surface area contributed by atoms with Crippen LogP contribution in [0.4, 0.5) is 11.6 Å². The Morgan fingerprint density at radius 3 is 2.84 bits per heavy atom. The topological polar surface area (TPSA) is 83.6 Å². The first-order valence-electron chi connectivity index (χ1n) is 7.75. The molecule has 0 bridgehead atoms. The Morgan fingerprint density at radius 2 is 2.04 bits per heavy atom. The van der Waals surface area contributed by atoms with Crippen LogP contribution in [0.15, 0.2) is 41.9 Å². The van der Waals surface area contributed by atoms with Gasteiger partial charge in [0.2, 0.25) is 5.95 Å². The van der Waals surface area contributed by atoms with Gasteiger partial charge in [0.1, 0.15) is 5.69 Å². The van der Waals surface area contributed by atoms with E-state index in [0.717, 1.165) is 22.3 Å². The summed E-state index contributed by atoms with van der Waals surface area (Å²) in [5, 5.41) is 6.66. The first-order valence-corrected chi connectivity index (χ1v) is 8.63. The maximum atomic E-state index is 11.4. The number of nitrogens with zero attached hydrogens (tertiary/aromatic N) is 3. The Labute approximate surface area is 148 Å². The van der Waals surface area contributed by atoms with Crippen molar-refractivity contribution in [3.63, 3.8) is 0 Å². The largest absolute Gasteiger partial charge is 0.359 e. The molecule has 7 heteroatoms. The molecule has 0 saturated heterocycles. The van der Waals surface area contributed by atoms with Gasteiger partial charge in [-0.1, -0.05) is 0 Å². The average Bonchev–Trinajstić information content (AvgIpc) is 3.20. The lowest BCUT2D eigenvalue weighted by molar-refractivity contribution is 0.101. The molecule has 3 heterocycles. The molecular weight excluding hydrogens is 334 g/mol. The minimum absolute atomic E-state index is 0.0428. The summed E-state index contributed by atoms with van der Waals surface area (Å²) in [6.45, 7) is 3.54. The van der Waals surface area contributed by atoms with E-state index in [0.29, 0.717) is 22.3 Å². The highest BCUT2D eigenvalue weighted by Gasteiger charge is 2.10. The second kappa shape index (κ2) is 6.10. The molecule has 6 nitrogen and oxygen atoms in total. The zero-order chi connectivity index (χ0) is 17.4. The average molecular weight is 349 g/mol. The summed E-state index contributed by atoms with van der Waals surface area (Å²) in [4.78, 5) is 27.8. The second-order valence-electron chi connectivity index (χ2n) is 5.74. The molecule has 0 aliphatic rings. The van der Waals surface area contributed by atoms with E-state index < -0.39 is 0 Å². The Bertz CT molecular complexity index is 1080. The van der Waals surface area contributed by atoms with E-state index in [4.69, 9.17) is 0 Å². The molecule has 0 spiro atoms. The standard InChI is InChI=1S/C18H15N5OS/c1-10-7-12-8-13(3-4-14(12)20-10)21-18-19-6-5-15(23-18)16-9-25-17(22-16)11(2)24/h3-9,20H,1-2H3,(H,19,21,23). The molecule has 0 aliphatic heterocycles. The zero-order valence-corrected chi connectivity index (χ0v) is 14.5. The van der Waals surface area contributed by atoms with Gasteiger partial charge in [0.05, 0.1) is 5.69 Å². The predicted molar refractivity (Wildman–Crippen MR) is 99.5 cm³/mol. The number of aromatic nitrogens is 4. The van der Waals surface area contributed by atoms with Gasteiger partial charge >= 0.3 is 0 Å². The molecule has 1 aromatic carbocycles. The predicted octanol–water partition coefficient (Wildman–Crippen LogP) is 4.34. The van der Waals surface area contributed by atoms with E-state index >= 15 is 0 Å². The Morgan fingerprint density at radius 1 is 1.16 bits per heavy atom.